The average Bonchev–Trinajstić information content (AvgIpc) is 2.39. The van der Waals surface area contributed by atoms with Gasteiger partial charge in [0.25, 0.3) is 0 Å². The van der Waals surface area contributed by atoms with Gasteiger partial charge >= 0.3 is 0 Å². The van der Waals surface area contributed by atoms with Crippen molar-refractivity contribution in [2.45, 2.75) is 45.4 Å². The van der Waals surface area contributed by atoms with Crippen LogP contribution in [0.4, 0.5) is 5.69 Å². The second-order valence-corrected chi connectivity index (χ2v) is 4.91. The lowest BCUT2D eigenvalue weighted by atomic mass is 10.1. The van der Waals surface area contributed by atoms with Gasteiger partial charge in [-0.3, -0.25) is 0 Å². The lowest BCUT2D eigenvalue weighted by molar-refractivity contribution is 0.617. The molecule has 0 aliphatic heterocycles. The highest BCUT2D eigenvalue weighted by Crippen LogP contribution is 2.22. The van der Waals surface area contributed by atoms with Crippen LogP contribution >= 0.6 is 11.6 Å². The zero-order chi connectivity index (χ0) is 13.2. The van der Waals surface area contributed by atoms with Gasteiger partial charge in [0, 0.05) is 6.54 Å². The monoisotopic (exact) mass is 264 g/mol. The Morgan fingerprint density at radius 3 is 2.61 bits per heavy atom. The molecule has 2 nitrogen and oxygen atoms in total. The Bertz CT molecular complexity index is 396. The minimum atomic E-state index is 0.643. The summed E-state index contributed by atoms with van der Waals surface area (Å²) in [5.41, 5.74) is 1.51. The van der Waals surface area contributed by atoms with Gasteiger partial charge in [0.1, 0.15) is 0 Å². The van der Waals surface area contributed by atoms with Crippen molar-refractivity contribution in [1.82, 2.24) is 0 Å². The molecule has 1 aromatic rings. The van der Waals surface area contributed by atoms with E-state index in [1.54, 1.807) is 18.2 Å². The van der Waals surface area contributed by atoms with Crippen molar-refractivity contribution in [3.8, 4) is 6.07 Å². The summed E-state index contributed by atoms with van der Waals surface area (Å²) in [6.07, 6.45) is 7.67. The molecule has 3 heteroatoms. The van der Waals surface area contributed by atoms with Crippen LogP contribution in [0.15, 0.2) is 18.2 Å². The number of hydrogen-bond donors (Lipinski definition) is 1. The Labute approximate surface area is 115 Å². The van der Waals surface area contributed by atoms with Gasteiger partial charge in [-0.15, -0.1) is 0 Å². The smallest absolute Gasteiger partial charge is 0.0992 e. The van der Waals surface area contributed by atoms with Gasteiger partial charge < -0.3 is 5.32 Å². The van der Waals surface area contributed by atoms with E-state index >= 15 is 0 Å². The highest BCUT2D eigenvalue weighted by molar-refractivity contribution is 6.33. The molecule has 1 N–H and O–H groups in total. The van der Waals surface area contributed by atoms with Gasteiger partial charge in [0.2, 0.25) is 0 Å². The van der Waals surface area contributed by atoms with Crippen molar-refractivity contribution in [3.05, 3.63) is 28.8 Å². The summed E-state index contributed by atoms with van der Waals surface area (Å²) in [5.74, 6) is 0. The van der Waals surface area contributed by atoms with Crippen molar-refractivity contribution in [3.63, 3.8) is 0 Å². The summed E-state index contributed by atoms with van der Waals surface area (Å²) in [4.78, 5) is 0. The fourth-order valence-corrected chi connectivity index (χ4v) is 2.04. The number of unbranched alkanes of at least 4 members (excludes halogenated alkanes) is 5. The summed E-state index contributed by atoms with van der Waals surface area (Å²) in [6, 6.07) is 7.43. The van der Waals surface area contributed by atoms with E-state index in [9.17, 15) is 0 Å². The summed E-state index contributed by atoms with van der Waals surface area (Å²) in [6.45, 7) is 3.15. The normalized spacial score (nSPS) is 10.1. The Morgan fingerprint density at radius 2 is 1.89 bits per heavy atom. The molecule has 1 aromatic carbocycles. The molecule has 0 aromatic heterocycles. The highest BCUT2D eigenvalue weighted by Gasteiger charge is 2.01. The largest absolute Gasteiger partial charge is 0.384 e. The molecule has 18 heavy (non-hydrogen) atoms. The molecule has 0 unspecified atom stereocenters. The van der Waals surface area contributed by atoms with Crippen molar-refractivity contribution in [2.75, 3.05) is 11.9 Å². The topological polar surface area (TPSA) is 35.8 Å². The van der Waals surface area contributed by atoms with E-state index in [2.05, 4.69) is 18.3 Å². The molecule has 0 atom stereocenters. The maximum absolute atomic E-state index is 8.82. The fraction of sp³-hybridized carbons (Fsp3) is 0.533. The molecule has 98 valence electrons. The Kier molecular flexibility index (Phi) is 7.29. The second kappa shape index (κ2) is 8.83. The van der Waals surface area contributed by atoms with Gasteiger partial charge in [-0.2, -0.15) is 5.26 Å². The van der Waals surface area contributed by atoms with Gasteiger partial charge in [0.05, 0.1) is 22.3 Å². The number of nitrogens with zero attached hydrogens (tertiary/aromatic N) is 1. The first kappa shape index (κ1) is 14.9. The zero-order valence-corrected chi connectivity index (χ0v) is 11.8. The Hall–Kier alpha value is -1.20. The molecule has 0 bridgehead atoms. The molecule has 0 spiro atoms. The number of anilines is 1. The molecule has 0 saturated carbocycles. The maximum Gasteiger partial charge on any atom is 0.0992 e. The average molecular weight is 265 g/mol. The van der Waals surface area contributed by atoms with Crippen LogP contribution in [0.1, 0.15) is 51.0 Å². The van der Waals surface area contributed by atoms with Gasteiger partial charge in [-0.05, 0) is 24.6 Å². The first-order chi connectivity index (χ1) is 8.77. The van der Waals surface area contributed by atoms with Crippen LogP contribution in [0.3, 0.4) is 0 Å². The van der Waals surface area contributed by atoms with Crippen LogP contribution in [0.25, 0.3) is 0 Å². The lowest BCUT2D eigenvalue weighted by Crippen LogP contribution is -2.02. The number of nitriles is 1. The van der Waals surface area contributed by atoms with E-state index in [0.717, 1.165) is 18.7 Å². The quantitative estimate of drug-likeness (QED) is 0.672. The third-order valence-electron chi connectivity index (χ3n) is 2.94. The van der Waals surface area contributed by atoms with Gasteiger partial charge in [-0.1, -0.05) is 50.6 Å². The molecular formula is C15H21ClN2. The Balaban J connectivity index is 2.25. The highest BCUT2D eigenvalue weighted by atomic mass is 35.5. The van der Waals surface area contributed by atoms with Crippen LogP contribution in [-0.2, 0) is 0 Å². The van der Waals surface area contributed by atoms with Gasteiger partial charge in [0.15, 0.2) is 0 Å². The first-order valence-electron chi connectivity index (χ1n) is 6.71. The van der Waals surface area contributed by atoms with Crippen LogP contribution < -0.4 is 5.32 Å². The van der Waals surface area contributed by atoms with Crippen LogP contribution in [0.2, 0.25) is 5.02 Å². The predicted molar refractivity (Wildman–Crippen MR) is 78.0 cm³/mol. The van der Waals surface area contributed by atoms with E-state index in [1.165, 1.54) is 32.1 Å². The molecule has 0 aliphatic carbocycles. The second-order valence-electron chi connectivity index (χ2n) is 4.50. The van der Waals surface area contributed by atoms with E-state index in [1.807, 2.05) is 0 Å². The third kappa shape index (κ3) is 5.42. The SMILES string of the molecule is CCCCCCCCNc1cc(C#N)ccc1Cl. The van der Waals surface area contributed by atoms with E-state index in [-0.39, 0.29) is 0 Å². The molecule has 0 fully saturated rings. The molecule has 0 saturated heterocycles. The Morgan fingerprint density at radius 1 is 1.17 bits per heavy atom. The number of nitrogens with one attached hydrogen (secondary N) is 1. The summed E-state index contributed by atoms with van der Waals surface area (Å²) < 4.78 is 0. The maximum atomic E-state index is 8.82. The fourth-order valence-electron chi connectivity index (χ4n) is 1.86. The number of rotatable bonds is 8. The molecule has 0 heterocycles. The molecule has 0 radical (unpaired) electrons. The predicted octanol–water partition coefficient (Wildman–Crippen LogP) is 4.98. The van der Waals surface area contributed by atoms with E-state index in [4.69, 9.17) is 16.9 Å². The summed E-state index contributed by atoms with van der Waals surface area (Å²) in [5, 5.41) is 12.8. The first-order valence-corrected chi connectivity index (χ1v) is 7.09. The molecular weight excluding hydrogens is 244 g/mol. The minimum absolute atomic E-state index is 0.643. The van der Waals surface area contributed by atoms with Crippen molar-refractivity contribution < 1.29 is 0 Å². The van der Waals surface area contributed by atoms with Crippen molar-refractivity contribution >= 4 is 17.3 Å². The van der Waals surface area contributed by atoms with Crippen molar-refractivity contribution in [2.24, 2.45) is 0 Å². The molecule has 0 aliphatic rings. The van der Waals surface area contributed by atoms with E-state index in [0.29, 0.717) is 10.6 Å². The van der Waals surface area contributed by atoms with Crippen LogP contribution in [0.5, 0.6) is 0 Å². The number of halogens is 1. The van der Waals surface area contributed by atoms with E-state index < -0.39 is 0 Å². The summed E-state index contributed by atoms with van der Waals surface area (Å²) >= 11 is 6.06. The van der Waals surface area contributed by atoms with Crippen molar-refractivity contribution in [1.29, 1.82) is 5.26 Å². The molecule has 1 rings (SSSR count). The summed E-state index contributed by atoms with van der Waals surface area (Å²) in [7, 11) is 0. The number of benzene rings is 1. The standard InChI is InChI=1S/C15H21ClN2/c1-2-3-4-5-6-7-10-18-15-11-13(12-17)8-9-14(15)16/h8-9,11,18H,2-7,10H2,1H3. The van der Waals surface area contributed by atoms with Crippen LogP contribution in [0, 0.1) is 11.3 Å². The molecule has 0 amide bonds. The zero-order valence-electron chi connectivity index (χ0n) is 11.0. The minimum Gasteiger partial charge on any atom is -0.384 e. The number of hydrogen-bond acceptors (Lipinski definition) is 2. The lowest BCUT2D eigenvalue weighted by Gasteiger charge is -2.08. The van der Waals surface area contributed by atoms with Gasteiger partial charge in [-0.25, -0.2) is 0 Å². The third-order valence-corrected chi connectivity index (χ3v) is 3.27. The van der Waals surface area contributed by atoms with Crippen LogP contribution in [-0.4, -0.2) is 6.54 Å².